The summed E-state index contributed by atoms with van der Waals surface area (Å²) in [5.41, 5.74) is 6.74. The fraction of sp³-hybridized carbons (Fsp3) is 0.500. The summed E-state index contributed by atoms with van der Waals surface area (Å²) in [5, 5.41) is 2.86. The topological polar surface area (TPSA) is 64.3 Å². The molecule has 1 amide bonds. The molecule has 0 spiro atoms. The molecule has 4 heteroatoms. The van der Waals surface area contributed by atoms with Crippen LogP contribution in [0.3, 0.4) is 0 Å². The summed E-state index contributed by atoms with van der Waals surface area (Å²) in [6.07, 6.45) is 2.06. The van der Waals surface area contributed by atoms with E-state index in [0.29, 0.717) is 13.0 Å². The third-order valence-electron chi connectivity index (χ3n) is 2.72. The molecule has 3 N–H and O–H groups in total. The Hall–Kier alpha value is -1.55. The molecule has 18 heavy (non-hydrogen) atoms. The van der Waals surface area contributed by atoms with E-state index in [9.17, 15) is 4.79 Å². The van der Waals surface area contributed by atoms with E-state index in [-0.39, 0.29) is 11.9 Å². The van der Waals surface area contributed by atoms with Gasteiger partial charge in [-0.05, 0) is 37.5 Å². The number of nitrogens with one attached hydrogen (secondary N) is 1. The smallest absolute Gasteiger partial charge is 0.220 e. The molecule has 0 aliphatic heterocycles. The summed E-state index contributed by atoms with van der Waals surface area (Å²) in [5.74, 6) is 0.909. The number of carbonyl (C=O) groups excluding carboxylic acids is 1. The summed E-state index contributed by atoms with van der Waals surface area (Å²) >= 11 is 0. The molecular formula is C14H22N2O2. The Kier molecular flexibility index (Phi) is 6.22. The van der Waals surface area contributed by atoms with Gasteiger partial charge in [0.25, 0.3) is 0 Å². The van der Waals surface area contributed by atoms with Crippen molar-refractivity contribution in [2.24, 2.45) is 5.73 Å². The zero-order valence-electron chi connectivity index (χ0n) is 11.1. The molecule has 1 unspecified atom stereocenters. The van der Waals surface area contributed by atoms with E-state index in [1.54, 1.807) is 7.11 Å². The van der Waals surface area contributed by atoms with Gasteiger partial charge in [-0.15, -0.1) is 0 Å². The molecule has 0 aliphatic carbocycles. The number of carbonyl (C=O) groups is 1. The molecule has 100 valence electrons. The first-order chi connectivity index (χ1) is 8.61. The molecule has 1 atom stereocenters. The fourth-order valence-corrected chi connectivity index (χ4v) is 1.58. The van der Waals surface area contributed by atoms with Crippen molar-refractivity contribution in [3.63, 3.8) is 0 Å². The van der Waals surface area contributed by atoms with Crippen LogP contribution in [0.1, 0.15) is 25.3 Å². The minimum absolute atomic E-state index is 0.0754. The first kappa shape index (κ1) is 14.5. The van der Waals surface area contributed by atoms with Gasteiger partial charge < -0.3 is 15.8 Å². The molecule has 1 aromatic carbocycles. The van der Waals surface area contributed by atoms with Crippen LogP contribution in [0.2, 0.25) is 0 Å². The summed E-state index contributed by atoms with van der Waals surface area (Å²) in [7, 11) is 1.64. The number of methoxy groups -OCH3 is 1. The first-order valence-electron chi connectivity index (χ1n) is 6.27. The molecule has 1 aromatic rings. The number of benzene rings is 1. The van der Waals surface area contributed by atoms with Crippen LogP contribution in [0.5, 0.6) is 5.75 Å². The first-order valence-corrected chi connectivity index (χ1v) is 6.27. The highest BCUT2D eigenvalue weighted by molar-refractivity contribution is 5.76. The Morgan fingerprint density at radius 2 is 2.06 bits per heavy atom. The van der Waals surface area contributed by atoms with Crippen LogP contribution in [0.4, 0.5) is 0 Å². The van der Waals surface area contributed by atoms with Gasteiger partial charge in [0, 0.05) is 19.0 Å². The van der Waals surface area contributed by atoms with Crippen molar-refractivity contribution in [3.8, 4) is 5.75 Å². The zero-order chi connectivity index (χ0) is 13.4. The Labute approximate surface area is 109 Å². The van der Waals surface area contributed by atoms with Crippen molar-refractivity contribution in [2.45, 2.75) is 32.2 Å². The van der Waals surface area contributed by atoms with Gasteiger partial charge in [0.15, 0.2) is 0 Å². The van der Waals surface area contributed by atoms with E-state index in [1.165, 1.54) is 0 Å². The summed E-state index contributed by atoms with van der Waals surface area (Å²) in [6.45, 7) is 2.59. The van der Waals surface area contributed by atoms with Crippen LogP contribution in [0.25, 0.3) is 0 Å². The molecule has 0 aromatic heterocycles. The monoisotopic (exact) mass is 250 g/mol. The van der Waals surface area contributed by atoms with E-state index >= 15 is 0 Å². The van der Waals surface area contributed by atoms with E-state index in [2.05, 4.69) is 5.32 Å². The average Bonchev–Trinajstić information content (AvgIpc) is 2.36. The lowest BCUT2D eigenvalue weighted by Gasteiger charge is -2.07. The van der Waals surface area contributed by atoms with Crippen molar-refractivity contribution >= 4 is 5.91 Å². The van der Waals surface area contributed by atoms with Crippen molar-refractivity contribution in [1.29, 1.82) is 0 Å². The highest BCUT2D eigenvalue weighted by Crippen LogP contribution is 2.12. The second-order valence-electron chi connectivity index (χ2n) is 4.46. The van der Waals surface area contributed by atoms with Crippen molar-refractivity contribution < 1.29 is 9.53 Å². The van der Waals surface area contributed by atoms with E-state index in [0.717, 1.165) is 24.2 Å². The normalized spacial score (nSPS) is 11.9. The number of aryl methyl sites for hydroxylation is 1. The number of nitrogens with two attached hydrogens (primary N) is 1. The predicted molar refractivity (Wildman–Crippen MR) is 72.6 cm³/mol. The third kappa shape index (κ3) is 5.68. The highest BCUT2D eigenvalue weighted by Gasteiger charge is 2.02. The van der Waals surface area contributed by atoms with Gasteiger partial charge in [0.1, 0.15) is 5.75 Å². The van der Waals surface area contributed by atoms with E-state index in [4.69, 9.17) is 10.5 Å². The largest absolute Gasteiger partial charge is 0.497 e. The minimum atomic E-state index is 0.0754. The molecular weight excluding hydrogens is 228 g/mol. The van der Waals surface area contributed by atoms with Gasteiger partial charge in [0.05, 0.1) is 7.11 Å². The van der Waals surface area contributed by atoms with Crippen LogP contribution in [-0.2, 0) is 11.2 Å². The van der Waals surface area contributed by atoms with Crippen molar-refractivity contribution in [2.75, 3.05) is 13.7 Å². The minimum Gasteiger partial charge on any atom is -0.497 e. The molecule has 1 rings (SSSR count). The molecule has 0 radical (unpaired) electrons. The van der Waals surface area contributed by atoms with Crippen LogP contribution in [-0.4, -0.2) is 25.6 Å². The van der Waals surface area contributed by atoms with Gasteiger partial charge in [0.2, 0.25) is 5.91 Å². The number of hydrogen-bond donors (Lipinski definition) is 2. The second-order valence-corrected chi connectivity index (χ2v) is 4.46. The molecule has 0 bridgehead atoms. The fourth-order valence-electron chi connectivity index (χ4n) is 1.58. The lowest BCUT2D eigenvalue weighted by Crippen LogP contribution is -2.29. The number of rotatable bonds is 7. The van der Waals surface area contributed by atoms with Crippen LogP contribution in [0.15, 0.2) is 24.3 Å². The number of ether oxygens (including phenoxy) is 1. The van der Waals surface area contributed by atoms with Crippen LogP contribution < -0.4 is 15.8 Å². The molecule has 4 nitrogen and oxygen atoms in total. The Bertz CT molecular complexity index is 361. The van der Waals surface area contributed by atoms with Crippen LogP contribution >= 0.6 is 0 Å². The Balaban J connectivity index is 2.24. The van der Waals surface area contributed by atoms with Gasteiger partial charge in [-0.3, -0.25) is 4.79 Å². The Morgan fingerprint density at radius 3 is 2.61 bits per heavy atom. The predicted octanol–water partition coefficient (Wildman–Crippen LogP) is 1.48. The van der Waals surface area contributed by atoms with Gasteiger partial charge in [-0.2, -0.15) is 0 Å². The van der Waals surface area contributed by atoms with E-state index in [1.807, 2.05) is 31.2 Å². The number of hydrogen-bond acceptors (Lipinski definition) is 3. The molecule has 0 fully saturated rings. The molecule has 0 heterocycles. The van der Waals surface area contributed by atoms with Crippen LogP contribution in [0, 0.1) is 0 Å². The second kappa shape index (κ2) is 7.71. The summed E-state index contributed by atoms with van der Waals surface area (Å²) in [6, 6.07) is 7.90. The standard InChI is InChI=1S/C14H22N2O2/c1-11(15)9-10-16-14(17)8-5-12-3-6-13(18-2)7-4-12/h3-4,6-7,11H,5,8-10,15H2,1-2H3,(H,16,17). The maximum Gasteiger partial charge on any atom is 0.220 e. The zero-order valence-corrected chi connectivity index (χ0v) is 11.1. The molecule has 0 aliphatic rings. The maximum absolute atomic E-state index is 11.5. The van der Waals surface area contributed by atoms with Gasteiger partial charge in [-0.1, -0.05) is 12.1 Å². The lowest BCUT2D eigenvalue weighted by molar-refractivity contribution is -0.121. The average molecular weight is 250 g/mol. The maximum atomic E-state index is 11.5. The van der Waals surface area contributed by atoms with Crippen molar-refractivity contribution in [3.05, 3.63) is 29.8 Å². The Morgan fingerprint density at radius 1 is 1.39 bits per heavy atom. The van der Waals surface area contributed by atoms with E-state index < -0.39 is 0 Å². The SMILES string of the molecule is COc1ccc(CCC(=O)NCCC(C)N)cc1. The highest BCUT2D eigenvalue weighted by atomic mass is 16.5. The summed E-state index contributed by atoms with van der Waals surface area (Å²) < 4.78 is 5.08. The molecule has 0 saturated carbocycles. The third-order valence-corrected chi connectivity index (χ3v) is 2.72. The van der Waals surface area contributed by atoms with Gasteiger partial charge in [-0.25, -0.2) is 0 Å². The summed E-state index contributed by atoms with van der Waals surface area (Å²) in [4.78, 5) is 11.5. The quantitative estimate of drug-likeness (QED) is 0.770. The van der Waals surface area contributed by atoms with Gasteiger partial charge >= 0.3 is 0 Å². The van der Waals surface area contributed by atoms with Crippen molar-refractivity contribution in [1.82, 2.24) is 5.32 Å². The molecule has 0 saturated heterocycles. The lowest BCUT2D eigenvalue weighted by atomic mass is 10.1. The number of amides is 1.